The molecule has 0 unspecified atom stereocenters. The van der Waals surface area contributed by atoms with E-state index in [-0.39, 0.29) is 5.56 Å². The Balaban J connectivity index is 1.45. The van der Waals surface area contributed by atoms with E-state index in [1.807, 2.05) is 24.3 Å². The molecule has 0 atom stereocenters. The predicted octanol–water partition coefficient (Wildman–Crippen LogP) is 2.53. The maximum atomic E-state index is 13.6. The molecule has 0 radical (unpaired) electrons. The normalized spacial score (nSPS) is 14.9. The molecule has 0 aliphatic carbocycles. The van der Waals surface area contributed by atoms with Crippen molar-refractivity contribution in [3.05, 3.63) is 59.7 Å². The van der Waals surface area contributed by atoms with Crippen LogP contribution in [0.2, 0.25) is 0 Å². The monoisotopic (exact) mass is 375 g/mol. The van der Waals surface area contributed by atoms with Crippen LogP contribution in [0, 0.1) is 11.6 Å². The second-order valence-corrected chi connectivity index (χ2v) is 6.38. The van der Waals surface area contributed by atoms with Gasteiger partial charge in [0.1, 0.15) is 17.4 Å². The highest BCUT2D eigenvalue weighted by Crippen LogP contribution is 2.28. The average Bonchev–Trinajstić information content (AvgIpc) is 2.68. The molecule has 1 aliphatic rings. The largest absolute Gasteiger partial charge is 0.495 e. The van der Waals surface area contributed by atoms with Crippen molar-refractivity contribution in [3.8, 4) is 5.75 Å². The van der Waals surface area contributed by atoms with Gasteiger partial charge in [0.2, 0.25) is 0 Å². The SMILES string of the molecule is COc1ccccc1N1CCN(CCNC(=O)c2ccc(F)cc2F)CC1. The molecule has 2 aromatic rings. The Kier molecular flexibility index (Phi) is 6.24. The van der Waals surface area contributed by atoms with Gasteiger partial charge >= 0.3 is 0 Å². The maximum absolute atomic E-state index is 13.6. The number of methoxy groups -OCH3 is 1. The van der Waals surface area contributed by atoms with Crippen LogP contribution < -0.4 is 15.0 Å². The van der Waals surface area contributed by atoms with Crippen LogP contribution in [0.1, 0.15) is 10.4 Å². The molecule has 0 bridgehead atoms. The number of anilines is 1. The number of carbonyl (C=O) groups is 1. The summed E-state index contributed by atoms with van der Waals surface area (Å²) in [4.78, 5) is 16.5. The lowest BCUT2D eigenvalue weighted by Gasteiger charge is -2.36. The first-order valence-corrected chi connectivity index (χ1v) is 8.92. The fourth-order valence-electron chi connectivity index (χ4n) is 3.20. The van der Waals surface area contributed by atoms with Crippen LogP contribution >= 0.6 is 0 Å². The minimum Gasteiger partial charge on any atom is -0.495 e. The van der Waals surface area contributed by atoms with Gasteiger partial charge in [0.25, 0.3) is 5.91 Å². The summed E-state index contributed by atoms with van der Waals surface area (Å²) in [6, 6.07) is 10.9. The second-order valence-electron chi connectivity index (χ2n) is 6.38. The Morgan fingerprint density at radius 3 is 2.56 bits per heavy atom. The molecule has 1 heterocycles. The third-order valence-corrected chi connectivity index (χ3v) is 4.69. The van der Waals surface area contributed by atoms with Crippen molar-refractivity contribution < 1.29 is 18.3 Å². The van der Waals surface area contributed by atoms with Crippen molar-refractivity contribution in [2.45, 2.75) is 0 Å². The zero-order chi connectivity index (χ0) is 19.2. The second kappa shape index (κ2) is 8.81. The average molecular weight is 375 g/mol. The lowest BCUT2D eigenvalue weighted by Crippen LogP contribution is -2.48. The maximum Gasteiger partial charge on any atom is 0.254 e. The van der Waals surface area contributed by atoms with E-state index in [0.29, 0.717) is 19.2 Å². The molecule has 2 aromatic carbocycles. The van der Waals surface area contributed by atoms with Gasteiger partial charge in [-0.2, -0.15) is 0 Å². The molecule has 1 N–H and O–H groups in total. The van der Waals surface area contributed by atoms with Crippen LogP contribution in [-0.2, 0) is 0 Å². The van der Waals surface area contributed by atoms with Crippen LogP contribution in [0.4, 0.5) is 14.5 Å². The standard InChI is InChI=1S/C20H23F2N3O2/c1-27-19-5-3-2-4-18(19)25-12-10-24(11-13-25)9-8-23-20(26)16-7-6-15(21)14-17(16)22/h2-7,14H,8-13H2,1H3,(H,23,26). The molecule has 7 heteroatoms. The molecule has 3 rings (SSSR count). The molecular formula is C20H23F2N3O2. The highest BCUT2D eigenvalue weighted by molar-refractivity contribution is 5.94. The number of amides is 1. The summed E-state index contributed by atoms with van der Waals surface area (Å²) in [6.07, 6.45) is 0. The number of hydrogen-bond donors (Lipinski definition) is 1. The number of nitrogens with one attached hydrogen (secondary N) is 1. The van der Waals surface area contributed by atoms with Crippen molar-refractivity contribution in [1.29, 1.82) is 0 Å². The molecular weight excluding hydrogens is 352 g/mol. The van der Waals surface area contributed by atoms with Gasteiger partial charge in [-0.1, -0.05) is 12.1 Å². The first-order chi connectivity index (χ1) is 13.1. The van der Waals surface area contributed by atoms with Gasteiger partial charge in [0.15, 0.2) is 0 Å². The lowest BCUT2D eigenvalue weighted by atomic mass is 10.2. The smallest absolute Gasteiger partial charge is 0.254 e. The predicted molar refractivity (Wildman–Crippen MR) is 100 cm³/mol. The summed E-state index contributed by atoms with van der Waals surface area (Å²) < 4.78 is 32.0. The minimum absolute atomic E-state index is 0.141. The molecule has 27 heavy (non-hydrogen) atoms. The highest BCUT2D eigenvalue weighted by atomic mass is 19.1. The van der Waals surface area contributed by atoms with E-state index in [4.69, 9.17) is 4.74 Å². The van der Waals surface area contributed by atoms with Crippen molar-refractivity contribution in [1.82, 2.24) is 10.2 Å². The van der Waals surface area contributed by atoms with E-state index >= 15 is 0 Å². The number of halogens is 2. The summed E-state index contributed by atoms with van der Waals surface area (Å²) >= 11 is 0. The van der Waals surface area contributed by atoms with E-state index in [1.165, 1.54) is 0 Å². The van der Waals surface area contributed by atoms with Crippen molar-refractivity contribution in [2.75, 3.05) is 51.3 Å². The van der Waals surface area contributed by atoms with Crippen LogP contribution in [0.3, 0.4) is 0 Å². The number of carbonyl (C=O) groups excluding carboxylic acids is 1. The van der Waals surface area contributed by atoms with E-state index in [2.05, 4.69) is 15.1 Å². The zero-order valence-electron chi connectivity index (χ0n) is 15.3. The van der Waals surface area contributed by atoms with Crippen LogP contribution in [-0.4, -0.2) is 57.2 Å². The summed E-state index contributed by atoms with van der Waals surface area (Å²) in [5.41, 5.74) is 0.942. The van der Waals surface area contributed by atoms with Crippen LogP contribution in [0.5, 0.6) is 5.75 Å². The van der Waals surface area contributed by atoms with Crippen LogP contribution in [0.25, 0.3) is 0 Å². The lowest BCUT2D eigenvalue weighted by molar-refractivity contribution is 0.0943. The molecule has 1 aliphatic heterocycles. The van der Waals surface area contributed by atoms with Crippen LogP contribution in [0.15, 0.2) is 42.5 Å². The first-order valence-electron chi connectivity index (χ1n) is 8.92. The number of piperazine rings is 1. The summed E-state index contributed by atoms with van der Waals surface area (Å²) in [7, 11) is 1.67. The molecule has 144 valence electrons. The number of para-hydroxylation sites is 2. The Labute approximate surface area is 157 Å². The first kappa shape index (κ1) is 19.1. The third kappa shape index (κ3) is 4.74. The number of nitrogens with zero attached hydrogens (tertiary/aromatic N) is 2. The van der Waals surface area contributed by atoms with Crippen molar-refractivity contribution in [3.63, 3.8) is 0 Å². The number of hydrogen-bond acceptors (Lipinski definition) is 4. The van der Waals surface area contributed by atoms with Gasteiger partial charge in [0, 0.05) is 45.3 Å². The van der Waals surface area contributed by atoms with Gasteiger partial charge in [-0.25, -0.2) is 8.78 Å². The molecule has 1 saturated heterocycles. The van der Waals surface area contributed by atoms with Gasteiger partial charge in [0.05, 0.1) is 18.4 Å². The van der Waals surface area contributed by atoms with E-state index < -0.39 is 17.5 Å². The van der Waals surface area contributed by atoms with Gasteiger partial charge in [-0.3, -0.25) is 9.69 Å². The van der Waals surface area contributed by atoms with Crippen molar-refractivity contribution in [2.24, 2.45) is 0 Å². The molecule has 5 nitrogen and oxygen atoms in total. The number of rotatable bonds is 6. The Bertz CT molecular complexity index is 793. The van der Waals surface area contributed by atoms with Gasteiger partial charge in [-0.15, -0.1) is 0 Å². The molecule has 0 aromatic heterocycles. The Morgan fingerprint density at radius 2 is 1.85 bits per heavy atom. The highest BCUT2D eigenvalue weighted by Gasteiger charge is 2.19. The zero-order valence-corrected chi connectivity index (χ0v) is 15.3. The topological polar surface area (TPSA) is 44.8 Å². The minimum atomic E-state index is -0.849. The summed E-state index contributed by atoms with van der Waals surface area (Å²) in [5.74, 6) is -1.21. The summed E-state index contributed by atoms with van der Waals surface area (Å²) in [6.45, 7) is 4.53. The van der Waals surface area contributed by atoms with Gasteiger partial charge < -0.3 is 15.0 Å². The van der Waals surface area contributed by atoms with E-state index in [9.17, 15) is 13.6 Å². The molecule has 1 amide bonds. The van der Waals surface area contributed by atoms with Gasteiger partial charge in [-0.05, 0) is 24.3 Å². The molecule has 0 spiro atoms. The Hall–Kier alpha value is -2.67. The fourth-order valence-corrected chi connectivity index (χ4v) is 3.20. The Morgan fingerprint density at radius 1 is 1.11 bits per heavy atom. The van der Waals surface area contributed by atoms with E-state index in [0.717, 1.165) is 49.7 Å². The fraction of sp³-hybridized carbons (Fsp3) is 0.350. The number of benzene rings is 2. The van der Waals surface area contributed by atoms with E-state index in [1.54, 1.807) is 7.11 Å². The quantitative estimate of drug-likeness (QED) is 0.843. The molecule has 1 fully saturated rings. The molecule has 0 saturated carbocycles. The van der Waals surface area contributed by atoms with Crippen molar-refractivity contribution >= 4 is 11.6 Å². The third-order valence-electron chi connectivity index (χ3n) is 4.69. The number of ether oxygens (including phenoxy) is 1. The summed E-state index contributed by atoms with van der Waals surface area (Å²) in [5, 5.41) is 2.69.